The Balaban J connectivity index is 2.97. The third-order valence-corrected chi connectivity index (χ3v) is 2.31. The van der Waals surface area contributed by atoms with E-state index >= 15 is 0 Å². The number of ketones is 1. The summed E-state index contributed by atoms with van der Waals surface area (Å²) in [5, 5.41) is 9.72. The molecule has 0 amide bonds. The van der Waals surface area contributed by atoms with Crippen LogP contribution < -0.4 is 0 Å². The van der Waals surface area contributed by atoms with E-state index in [1.165, 1.54) is 13.0 Å². The molecule has 0 spiro atoms. The zero-order chi connectivity index (χ0) is 12.8. The summed E-state index contributed by atoms with van der Waals surface area (Å²) in [5.41, 5.74) is 1.01. The van der Waals surface area contributed by atoms with Gasteiger partial charge in [-0.1, -0.05) is 6.07 Å². The summed E-state index contributed by atoms with van der Waals surface area (Å²) in [7, 11) is 0. The third-order valence-electron chi connectivity index (χ3n) is 2.31. The van der Waals surface area contributed by atoms with E-state index < -0.39 is 6.29 Å². The monoisotopic (exact) mass is 238 g/mol. The highest BCUT2D eigenvalue weighted by Gasteiger charge is 2.14. The van der Waals surface area contributed by atoms with Crippen LogP contribution in [0, 0.1) is 0 Å². The third kappa shape index (κ3) is 3.54. The molecule has 0 saturated heterocycles. The maximum atomic E-state index is 11.2. The van der Waals surface area contributed by atoms with E-state index in [-0.39, 0.29) is 11.5 Å². The lowest BCUT2D eigenvalue weighted by atomic mass is 10.1. The normalized spacial score (nSPS) is 10.8. The molecule has 0 unspecified atom stereocenters. The summed E-state index contributed by atoms with van der Waals surface area (Å²) >= 11 is 0. The minimum atomic E-state index is -0.503. The molecule has 1 aromatic carbocycles. The fourth-order valence-electron chi connectivity index (χ4n) is 1.54. The lowest BCUT2D eigenvalue weighted by molar-refractivity contribution is -0.140. The number of carbonyl (C=O) groups is 1. The predicted octanol–water partition coefficient (Wildman–Crippen LogP) is 2.67. The van der Waals surface area contributed by atoms with Crippen LogP contribution in [0.25, 0.3) is 0 Å². The van der Waals surface area contributed by atoms with Crippen molar-refractivity contribution in [3.8, 4) is 5.75 Å². The van der Waals surface area contributed by atoms with Crippen molar-refractivity contribution >= 4 is 5.78 Å². The van der Waals surface area contributed by atoms with Gasteiger partial charge in [-0.05, 0) is 32.9 Å². The molecule has 1 rings (SSSR count). The lowest BCUT2D eigenvalue weighted by Gasteiger charge is -2.17. The van der Waals surface area contributed by atoms with Gasteiger partial charge in [-0.2, -0.15) is 0 Å². The van der Waals surface area contributed by atoms with Gasteiger partial charge in [-0.25, -0.2) is 0 Å². The van der Waals surface area contributed by atoms with Gasteiger partial charge in [-0.3, -0.25) is 4.79 Å². The number of phenols is 1. The van der Waals surface area contributed by atoms with Gasteiger partial charge in [0.15, 0.2) is 12.1 Å². The van der Waals surface area contributed by atoms with Crippen molar-refractivity contribution in [2.24, 2.45) is 0 Å². The second-order valence-electron chi connectivity index (χ2n) is 3.58. The van der Waals surface area contributed by atoms with E-state index in [0.29, 0.717) is 24.3 Å². The molecule has 0 saturated carbocycles. The van der Waals surface area contributed by atoms with Gasteiger partial charge >= 0.3 is 0 Å². The van der Waals surface area contributed by atoms with Crippen molar-refractivity contribution in [2.45, 2.75) is 27.1 Å². The van der Waals surface area contributed by atoms with Crippen LogP contribution in [0.2, 0.25) is 0 Å². The summed E-state index contributed by atoms with van der Waals surface area (Å²) in [6.07, 6.45) is -0.503. The molecule has 0 aromatic heterocycles. The number of Topliss-reactive ketones (excluding diaryl/α,β-unsaturated/α-hetero) is 1. The Hall–Kier alpha value is -1.39. The molecular formula is C13H18O4. The molecule has 0 bridgehead atoms. The van der Waals surface area contributed by atoms with Crippen LogP contribution in [0.4, 0.5) is 0 Å². The highest BCUT2D eigenvalue weighted by Crippen LogP contribution is 2.26. The van der Waals surface area contributed by atoms with Crippen LogP contribution in [0.5, 0.6) is 5.75 Å². The Morgan fingerprint density at radius 2 is 1.88 bits per heavy atom. The number of benzene rings is 1. The van der Waals surface area contributed by atoms with Gasteiger partial charge < -0.3 is 14.6 Å². The van der Waals surface area contributed by atoms with E-state index in [2.05, 4.69) is 0 Å². The molecule has 17 heavy (non-hydrogen) atoms. The first-order valence-electron chi connectivity index (χ1n) is 5.67. The fraction of sp³-hybridized carbons (Fsp3) is 0.462. The molecule has 0 radical (unpaired) electrons. The summed E-state index contributed by atoms with van der Waals surface area (Å²) < 4.78 is 10.8. The molecule has 1 aromatic rings. The van der Waals surface area contributed by atoms with Gasteiger partial charge in [0.25, 0.3) is 0 Å². The largest absolute Gasteiger partial charge is 0.507 e. The number of hydrogen-bond acceptors (Lipinski definition) is 4. The zero-order valence-corrected chi connectivity index (χ0v) is 10.4. The topological polar surface area (TPSA) is 55.8 Å². The quantitative estimate of drug-likeness (QED) is 0.611. The molecule has 0 heterocycles. The van der Waals surface area contributed by atoms with E-state index in [1.54, 1.807) is 12.1 Å². The van der Waals surface area contributed by atoms with Crippen molar-refractivity contribution in [3.63, 3.8) is 0 Å². The van der Waals surface area contributed by atoms with Crippen LogP contribution in [-0.4, -0.2) is 24.1 Å². The van der Waals surface area contributed by atoms with E-state index in [0.717, 1.165) is 0 Å². The molecule has 0 aliphatic carbocycles. The summed E-state index contributed by atoms with van der Waals surface area (Å²) in [5.74, 6) is -0.210. The van der Waals surface area contributed by atoms with Gasteiger partial charge in [0.05, 0.1) is 5.56 Å². The fourth-order valence-corrected chi connectivity index (χ4v) is 1.54. The second-order valence-corrected chi connectivity index (χ2v) is 3.58. The molecule has 0 atom stereocenters. The summed E-state index contributed by atoms with van der Waals surface area (Å²) in [6.45, 7) is 6.18. The summed E-state index contributed by atoms with van der Waals surface area (Å²) in [4.78, 5) is 11.2. The van der Waals surface area contributed by atoms with Crippen LogP contribution >= 0.6 is 0 Å². The van der Waals surface area contributed by atoms with Crippen molar-refractivity contribution in [3.05, 3.63) is 29.3 Å². The van der Waals surface area contributed by atoms with Crippen molar-refractivity contribution < 1.29 is 19.4 Å². The molecule has 94 valence electrons. The van der Waals surface area contributed by atoms with Crippen LogP contribution in [0.1, 0.15) is 43.0 Å². The smallest absolute Gasteiger partial charge is 0.183 e. The van der Waals surface area contributed by atoms with Gasteiger partial charge in [-0.15, -0.1) is 0 Å². The number of carbonyl (C=O) groups excluding carboxylic acids is 1. The molecule has 0 aliphatic heterocycles. The molecular weight excluding hydrogens is 220 g/mol. The van der Waals surface area contributed by atoms with E-state index in [9.17, 15) is 9.90 Å². The van der Waals surface area contributed by atoms with Gasteiger partial charge in [0, 0.05) is 18.8 Å². The first kappa shape index (κ1) is 13.7. The SMILES string of the molecule is CCOC(OCC)c1ccc(C(C)=O)c(O)c1. The van der Waals surface area contributed by atoms with Crippen molar-refractivity contribution in [1.29, 1.82) is 0 Å². The summed E-state index contributed by atoms with van der Waals surface area (Å²) in [6, 6.07) is 4.82. The Morgan fingerprint density at radius 3 is 2.29 bits per heavy atom. The van der Waals surface area contributed by atoms with Crippen molar-refractivity contribution in [1.82, 2.24) is 0 Å². The van der Waals surface area contributed by atoms with Gasteiger partial charge in [0.2, 0.25) is 0 Å². The van der Waals surface area contributed by atoms with Crippen molar-refractivity contribution in [2.75, 3.05) is 13.2 Å². The zero-order valence-electron chi connectivity index (χ0n) is 10.4. The maximum absolute atomic E-state index is 11.2. The first-order chi connectivity index (χ1) is 8.10. The second kappa shape index (κ2) is 6.37. The number of hydrogen-bond donors (Lipinski definition) is 1. The molecule has 0 aliphatic rings. The van der Waals surface area contributed by atoms with Crippen LogP contribution in [0.15, 0.2) is 18.2 Å². The average Bonchev–Trinajstić information content (AvgIpc) is 2.28. The van der Waals surface area contributed by atoms with E-state index in [4.69, 9.17) is 9.47 Å². The van der Waals surface area contributed by atoms with E-state index in [1.807, 2.05) is 13.8 Å². The Morgan fingerprint density at radius 1 is 1.29 bits per heavy atom. The number of phenolic OH excluding ortho intramolecular Hbond substituents is 1. The highest BCUT2D eigenvalue weighted by molar-refractivity contribution is 5.96. The Bertz CT molecular complexity index is 381. The first-order valence-corrected chi connectivity index (χ1v) is 5.67. The van der Waals surface area contributed by atoms with Gasteiger partial charge in [0.1, 0.15) is 5.75 Å². The molecule has 4 heteroatoms. The molecule has 4 nitrogen and oxygen atoms in total. The number of ether oxygens (including phenoxy) is 2. The predicted molar refractivity (Wildman–Crippen MR) is 64.1 cm³/mol. The minimum Gasteiger partial charge on any atom is -0.507 e. The van der Waals surface area contributed by atoms with Crippen LogP contribution in [0.3, 0.4) is 0 Å². The minimum absolute atomic E-state index is 0.0422. The molecule has 1 N–H and O–H groups in total. The Labute approximate surface area is 101 Å². The highest BCUT2D eigenvalue weighted by atomic mass is 16.7. The average molecular weight is 238 g/mol. The lowest BCUT2D eigenvalue weighted by Crippen LogP contribution is -2.09. The number of aromatic hydroxyl groups is 1. The van der Waals surface area contributed by atoms with Crippen LogP contribution in [-0.2, 0) is 9.47 Å². The Kier molecular flexibility index (Phi) is 5.12. The molecule has 0 fully saturated rings. The standard InChI is InChI=1S/C13H18O4/c1-4-16-13(17-5-2)10-6-7-11(9(3)14)12(15)8-10/h6-8,13,15H,4-5H2,1-3H3. The maximum Gasteiger partial charge on any atom is 0.183 e. The number of rotatable bonds is 6.